The van der Waals surface area contributed by atoms with E-state index in [0.29, 0.717) is 12.8 Å². The van der Waals surface area contributed by atoms with Gasteiger partial charge in [0.15, 0.2) is 12.6 Å². The lowest BCUT2D eigenvalue weighted by molar-refractivity contribution is -0.344. The summed E-state index contributed by atoms with van der Waals surface area (Å²) in [6.07, 6.45) is -22.8. The van der Waals surface area contributed by atoms with Gasteiger partial charge in [0.05, 0.1) is 50.8 Å². The van der Waals surface area contributed by atoms with E-state index in [2.05, 4.69) is 13.8 Å². The Morgan fingerprint density at radius 2 is 0.667 bits per heavy atom. The SMILES string of the molecule is CCCCCCCCO[C@@H](C[C@@H]1O[C@H](CO)[C@@H](O[C@@H]2O[C@H](CO)[C@@H](O)[C@H](O)[C@H]2O)[C@H](O)[C@H]1O)[C@@H](C[C@@H]1O[C@H](CO)[C@@H](O[C@@H]2O[C@H](CO)[C@@H](O)[C@H](O)[C@H]2O)[C@H](O)[C@H]1O)OCCCCCCCC. The summed E-state index contributed by atoms with van der Waals surface area (Å²) in [5, 5.41) is 149. The first-order valence-electron chi connectivity index (χ1n) is 24.1. The van der Waals surface area contributed by atoms with Crippen LogP contribution in [0.25, 0.3) is 0 Å². The average molecular weight is 963 g/mol. The molecule has 0 aromatic rings. The number of ether oxygens (including phenoxy) is 8. The van der Waals surface area contributed by atoms with Crippen molar-refractivity contribution >= 4 is 0 Å². The van der Waals surface area contributed by atoms with Crippen molar-refractivity contribution in [3.05, 3.63) is 0 Å². The molecule has 4 aliphatic heterocycles. The first-order chi connectivity index (χ1) is 31.7. The highest BCUT2D eigenvalue weighted by Crippen LogP contribution is 2.35. The molecule has 0 unspecified atom stereocenters. The molecule has 0 aromatic heterocycles. The zero-order valence-corrected chi connectivity index (χ0v) is 38.4. The zero-order valence-electron chi connectivity index (χ0n) is 38.4. The molecule has 0 bridgehead atoms. The van der Waals surface area contributed by atoms with Crippen molar-refractivity contribution in [3.8, 4) is 0 Å². The molecule has 4 aliphatic rings. The van der Waals surface area contributed by atoms with E-state index in [9.17, 15) is 71.5 Å². The van der Waals surface area contributed by atoms with Crippen LogP contribution in [0, 0.1) is 0 Å². The maximum Gasteiger partial charge on any atom is 0.187 e. The van der Waals surface area contributed by atoms with E-state index in [-0.39, 0.29) is 26.1 Å². The fraction of sp³-hybridized carbons (Fsp3) is 1.00. The average Bonchev–Trinajstić information content (AvgIpc) is 3.31. The van der Waals surface area contributed by atoms with Crippen LogP contribution >= 0.6 is 0 Å². The minimum absolute atomic E-state index is 0.157. The highest BCUT2D eigenvalue weighted by molar-refractivity contribution is 5.00. The Labute approximate surface area is 386 Å². The second kappa shape index (κ2) is 29.5. The normalized spacial score (nSPS) is 40.9. The summed E-state index contributed by atoms with van der Waals surface area (Å²) in [4.78, 5) is 0. The molecule has 4 fully saturated rings. The molecule has 4 heterocycles. The predicted octanol–water partition coefficient (Wildman–Crippen LogP) is -3.41. The van der Waals surface area contributed by atoms with Crippen LogP contribution in [0.5, 0.6) is 0 Å². The molecular formula is C44H82O22. The van der Waals surface area contributed by atoms with Crippen LogP contribution in [0.15, 0.2) is 0 Å². The second-order valence-corrected chi connectivity index (χ2v) is 18.2. The number of hydrogen-bond acceptors (Lipinski definition) is 22. The van der Waals surface area contributed by atoms with Gasteiger partial charge in [0.1, 0.15) is 97.7 Å². The molecule has 22 heteroatoms. The van der Waals surface area contributed by atoms with E-state index in [4.69, 9.17) is 37.9 Å². The number of rotatable bonds is 29. The maximum absolute atomic E-state index is 11.6. The summed E-state index contributed by atoms with van der Waals surface area (Å²) in [6, 6.07) is 0. The Bertz CT molecular complexity index is 1190. The molecule has 4 rings (SSSR count). The quantitative estimate of drug-likeness (QED) is 0.0325. The van der Waals surface area contributed by atoms with Gasteiger partial charge in [-0.2, -0.15) is 0 Å². The van der Waals surface area contributed by atoms with Crippen LogP contribution in [0.3, 0.4) is 0 Å². The Hall–Kier alpha value is -0.880. The first kappa shape index (κ1) is 57.7. The topological polar surface area (TPSA) is 357 Å². The molecule has 66 heavy (non-hydrogen) atoms. The lowest BCUT2D eigenvalue weighted by Gasteiger charge is -2.47. The van der Waals surface area contributed by atoms with Crippen LogP contribution in [0.4, 0.5) is 0 Å². The highest BCUT2D eigenvalue weighted by atomic mass is 16.7. The van der Waals surface area contributed by atoms with E-state index < -0.39 is 161 Å². The molecule has 0 spiro atoms. The van der Waals surface area contributed by atoms with Gasteiger partial charge < -0.3 is 109 Å². The van der Waals surface area contributed by atoms with E-state index in [1.54, 1.807) is 0 Å². The van der Waals surface area contributed by atoms with E-state index >= 15 is 0 Å². The Morgan fingerprint density at radius 3 is 1.00 bits per heavy atom. The van der Waals surface area contributed by atoms with Gasteiger partial charge in [0.2, 0.25) is 0 Å². The zero-order chi connectivity index (χ0) is 48.5. The third kappa shape index (κ3) is 15.6. The van der Waals surface area contributed by atoms with Gasteiger partial charge in [-0.15, -0.1) is 0 Å². The monoisotopic (exact) mass is 963 g/mol. The molecule has 0 aromatic carbocycles. The number of aliphatic hydroxyl groups is 14. The van der Waals surface area contributed by atoms with E-state index in [0.717, 1.165) is 64.2 Å². The van der Waals surface area contributed by atoms with Gasteiger partial charge >= 0.3 is 0 Å². The summed E-state index contributed by atoms with van der Waals surface area (Å²) in [6.45, 7) is 1.70. The molecule has 22 atom stereocenters. The number of hydrogen-bond donors (Lipinski definition) is 14. The molecule has 0 amide bonds. The largest absolute Gasteiger partial charge is 0.394 e. The van der Waals surface area contributed by atoms with Crippen molar-refractivity contribution in [2.75, 3.05) is 39.6 Å². The van der Waals surface area contributed by atoms with Crippen molar-refractivity contribution in [1.29, 1.82) is 0 Å². The standard InChI is InChI=1S/C44H82O22/c1-3-5-7-9-11-13-15-59-23(17-25-31(49)37(55)41(29(21-47)61-25)65-43-39(57)35(53)33(51)27(19-45)63-43)24(60-16-14-12-10-8-6-4-2)18-26-32(50)38(56)42(30(22-48)62-26)66-44-40(58)36(54)34(52)28(20-46)64-44/h23-58H,3-22H2,1-2H3/t23-,24+,25-,26-,27+,28+,29+,30+,31-,32-,33+,34+,35-,36-,37+,38+,39+,40+,41+,42+,43-,44-/m0/s1. The van der Waals surface area contributed by atoms with Crippen molar-refractivity contribution in [2.24, 2.45) is 0 Å². The van der Waals surface area contributed by atoms with Crippen molar-refractivity contribution in [2.45, 2.75) is 238 Å². The molecule has 4 saturated heterocycles. The first-order valence-corrected chi connectivity index (χ1v) is 24.1. The minimum Gasteiger partial charge on any atom is -0.394 e. The van der Waals surface area contributed by atoms with Crippen LogP contribution in [-0.4, -0.2) is 246 Å². The van der Waals surface area contributed by atoms with Gasteiger partial charge in [-0.1, -0.05) is 78.1 Å². The van der Waals surface area contributed by atoms with Crippen LogP contribution in [0.1, 0.15) is 104 Å². The van der Waals surface area contributed by atoms with Crippen molar-refractivity contribution in [1.82, 2.24) is 0 Å². The fourth-order valence-electron chi connectivity index (χ4n) is 9.07. The third-order valence-corrected chi connectivity index (χ3v) is 13.2. The smallest absolute Gasteiger partial charge is 0.187 e. The highest BCUT2D eigenvalue weighted by Gasteiger charge is 2.53. The van der Waals surface area contributed by atoms with Gasteiger partial charge in [0, 0.05) is 26.1 Å². The summed E-state index contributed by atoms with van der Waals surface area (Å²) < 4.78 is 47.8. The molecule has 390 valence electrons. The van der Waals surface area contributed by atoms with Gasteiger partial charge in [-0.25, -0.2) is 0 Å². The van der Waals surface area contributed by atoms with Crippen LogP contribution < -0.4 is 0 Å². The molecule has 22 nitrogen and oxygen atoms in total. The van der Waals surface area contributed by atoms with Gasteiger partial charge in [-0.05, 0) is 12.8 Å². The molecule has 0 radical (unpaired) electrons. The van der Waals surface area contributed by atoms with E-state index in [1.165, 1.54) is 0 Å². The third-order valence-electron chi connectivity index (χ3n) is 13.2. The Balaban J connectivity index is 1.57. The second-order valence-electron chi connectivity index (χ2n) is 18.2. The molecule has 14 N–H and O–H groups in total. The van der Waals surface area contributed by atoms with Gasteiger partial charge in [0.25, 0.3) is 0 Å². The number of aliphatic hydroxyl groups excluding tert-OH is 14. The number of unbranched alkanes of at least 4 members (excludes halogenated alkanes) is 10. The molecular weight excluding hydrogens is 880 g/mol. The Morgan fingerprint density at radius 1 is 0.348 bits per heavy atom. The van der Waals surface area contributed by atoms with Crippen molar-refractivity contribution in [3.63, 3.8) is 0 Å². The lowest BCUT2D eigenvalue weighted by atomic mass is 9.87. The predicted molar refractivity (Wildman–Crippen MR) is 228 cm³/mol. The maximum atomic E-state index is 11.6. The van der Waals surface area contributed by atoms with Crippen molar-refractivity contribution < 1.29 is 109 Å². The van der Waals surface area contributed by atoms with Gasteiger partial charge in [-0.3, -0.25) is 0 Å². The summed E-state index contributed by atoms with van der Waals surface area (Å²) in [5.74, 6) is 0. The Kier molecular flexibility index (Phi) is 25.8. The summed E-state index contributed by atoms with van der Waals surface area (Å²) in [5.41, 5.74) is 0. The van der Waals surface area contributed by atoms with E-state index in [1.807, 2.05) is 0 Å². The van der Waals surface area contributed by atoms with Crippen LogP contribution in [0.2, 0.25) is 0 Å². The lowest BCUT2D eigenvalue weighted by Crippen LogP contribution is -2.65. The summed E-state index contributed by atoms with van der Waals surface area (Å²) >= 11 is 0. The fourth-order valence-corrected chi connectivity index (χ4v) is 9.07. The molecule has 0 aliphatic carbocycles. The molecule has 0 saturated carbocycles. The van der Waals surface area contributed by atoms with Crippen LogP contribution in [-0.2, 0) is 37.9 Å². The minimum atomic E-state index is -1.84. The summed E-state index contributed by atoms with van der Waals surface area (Å²) in [7, 11) is 0.